The monoisotopic (exact) mass is 304 g/mol. The molecule has 22 heavy (non-hydrogen) atoms. The van der Waals surface area contributed by atoms with Crippen LogP contribution in [0, 0.1) is 0 Å². The molecule has 0 aliphatic heterocycles. The second-order valence-corrected chi connectivity index (χ2v) is 4.93. The summed E-state index contributed by atoms with van der Waals surface area (Å²) in [6.45, 7) is 0. The van der Waals surface area contributed by atoms with Crippen LogP contribution in [0.25, 0.3) is 17.1 Å². The van der Waals surface area contributed by atoms with Gasteiger partial charge in [0.15, 0.2) is 17.3 Å². The van der Waals surface area contributed by atoms with E-state index in [1.165, 1.54) is 12.1 Å². The van der Waals surface area contributed by atoms with E-state index >= 15 is 0 Å². The lowest BCUT2D eigenvalue weighted by molar-refractivity contribution is 0.208. The Morgan fingerprint density at radius 2 is 1.82 bits per heavy atom. The zero-order chi connectivity index (χ0) is 16.0. The summed E-state index contributed by atoms with van der Waals surface area (Å²) < 4.78 is 5.43. The molecular weight excluding hydrogens is 292 g/mol. The van der Waals surface area contributed by atoms with Crippen LogP contribution in [0.3, 0.4) is 0 Å². The smallest absolute Gasteiger partial charge is 0.238 e. The number of aliphatic hydroxyl groups excluding tert-OH is 2. The van der Waals surface area contributed by atoms with Crippen LogP contribution in [0.5, 0.6) is 17.2 Å². The van der Waals surface area contributed by atoms with Crippen LogP contribution in [0.1, 0.15) is 11.3 Å². The normalized spacial score (nSPS) is 17.0. The molecule has 0 amide bonds. The number of rotatable bonds is 1. The average molecular weight is 304 g/mol. The number of benzene rings is 1. The van der Waals surface area contributed by atoms with Crippen molar-refractivity contribution in [3.05, 3.63) is 45.8 Å². The van der Waals surface area contributed by atoms with Crippen LogP contribution in [0.15, 0.2) is 33.5 Å². The van der Waals surface area contributed by atoms with Crippen LogP contribution >= 0.6 is 0 Å². The summed E-state index contributed by atoms with van der Waals surface area (Å²) in [5, 5.41) is 48.1. The quantitative estimate of drug-likeness (QED) is 0.501. The fourth-order valence-electron chi connectivity index (χ4n) is 2.35. The van der Waals surface area contributed by atoms with Crippen molar-refractivity contribution in [1.29, 1.82) is 0 Å². The van der Waals surface area contributed by atoms with Crippen molar-refractivity contribution in [2.45, 2.75) is 12.5 Å². The van der Waals surface area contributed by atoms with Crippen molar-refractivity contribution in [1.82, 2.24) is 0 Å². The molecular formula is C15H12O7. The SMILES string of the molecule is O=c1c(O)c(-c2ccc(O)c(O)c2)oc2c1C(O)=CC(O)C2. The summed E-state index contributed by atoms with van der Waals surface area (Å²) in [6, 6.07) is 3.64. The summed E-state index contributed by atoms with van der Waals surface area (Å²) in [5.74, 6) is -2.20. The van der Waals surface area contributed by atoms with Gasteiger partial charge in [0.2, 0.25) is 11.2 Å². The fraction of sp³-hybridized carbons (Fsp3) is 0.133. The van der Waals surface area contributed by atoms with Crippen LogP contribution < -0.4 is 5.43 Å². The molecule has 1 aliphatic rings. The molecule has 0 saturated heterocycles. The Morgan fingerprint density at radius 1 is 1.09 bits per heavy atom. The molecule has 114 valence electrons. The number of fused-ring (bicyclic) bond motifs is 1. The Labute approximate surface area is 123 Å². The number of hydrogen-bond acceptors (Lipinski definition) is 7. The minimum absolute atomic E-state index is 0.0258. The molecule has 7 heteroatoms. The standard InChI is InChI=1S/C15H12O7/c16-7-4-10(19)12-11(5-7)22-15(14(21)13(12)20)6-1-2-8(17)9(18)3-6/h1-4,7,16-19,21H,5H2. The molecule has 3 rings (SSSR count). The Bertz CT molecular complexity index is 848. The summed E-state index contributed by atoms with van der Waals surface area (Å²) in [5.41, 5.74) is -0.879. The number of phenolic OH excluding ortho intramolecular Hbond substituents is 2. The summed E-state index contributed by atoms with van der Waals surface area (Å²) in [7, 11) is 0. The van der Waals surface area contributed by atoms with Crippen LogP contribution in [-0.4, -0.2) is 31.6 Å². The van der Waals surface area contributed by atoms with Gasteiger partial charge >= 0.3 is 0 Å². The lowest BCUT2D eigenvalue weighted by atomic mass is 9.98. The first kappa shape index (κ1) is 14.0. The molecule has 1 unspecified atom stereocenters. The highest BCUT2D eigenvalue weighted by Crippen LogP contribution is 2.36. The fourth-order valence-corrected chi connectivity index (χ4v) is 2.35. The predicted molar refractivity (Wildman–Crippen MR) is 75.7 cm³/mol. The molecule has 1 atom stereocenters. The average Bonchev–Trinajstić information content (AvgIpc) is 2.45. The Balaban J connectivity index is 2.25. The highest BCUT2D eigenvalue weighted by atomic mass is 16.4. The third-order valence-electron chi connectivity index (χ3n) is 3.40. The molecule has 1 heterocycles. The molecule has 1 aromatic carbocycles. The van der Waals surface area contributed by atoms with Gasteiger partial charge in [-0.05, 0) is 24.3 Å². The van der Waals surface area contributed by atoms with Gasteiger partial charge in [0, 0.05) is 12.0 Å². The van der Waals surface area contributed by atoms with Gasteiger partial charge in [-0.3, -0.25) is 4.79 Å². The maximum Gasteiger partial charge on any atom is 0.238 e. The maximum absolute atomic E-state index is 12.2. The third kappa shape index (κ3) is 2.08. The van der Waals surface area contributed by atoms with Crippen molar-refractivity contribution in [2.24, 2.45) is 0 Å². The van der Waals surface area contributed by atoms with E-state index in [0.29, 0.717) is 0 Å². The molecule has 0 spiro atoms. The zero-order valence-corrected chi connectivity index (χ0v) is 11.1. The number of aliphatic hydroxyl groups is 2. The molecule has 0 radical (unpaired) electrons. The minimum atomic E-state index is -1.01. The second kappa shape index (κ2) is 4.81. The molecule has 0 fully saturated rings. The maximum atomic E-state index is 12.2. The second-order valence-electron chi connectivity index (χ2n) is 4.93. The number of hydrogen-bond donors (Lipinski definition) is 5. The summed E-state index contributed by atoms with van der Waals surface area (Å²) in [4.78, 5) is 12.2. The van der Waals surface area contributed by atoms with Crippen LogP contribution in [-0.2, 0) is 6.42 Å². The molecule has 2 aromatic rings. The zero-order valence-electron chi connectivity index (χ0n) is 11.1. The van der Waals surface area contributed by atoms with Gasteiger partial charge in [0.05, 0.1) is 6.10 Å². The Morgan fingerprint density at radius 3 is 2.50 bits per heavy atom. The minimum Gasteiger partial charge on any atom is -0.507 e. The lowest BCUT2D eigenvalue weighted by Crippen LogP contribution is -2.21. The first-order valence-corrected chi connectivity index (χ1v) is 6.39. The first-order chi connectivity index (χ1) is 10.4. The van der Waals surface area contributed by atoms with Gasteiger partial charge in [-0.25, -0.2) is 0 Å². The van der Waals surface area contributed by atoms with Crippen LogP contribution in [0.4, 0.5) is 0 Å². The molecule has 1 aliphatic carbocycles. The number of aromatic hydroxyl groups is 3. The summed E-state index contributed by atoms with van der Waals surface area (Å²) in [6.07, 6.45) is 0.0396. The Hall–Kier alpha value is -2.93. The molecule has 1 aromatic heterocycles. The van der Waals surface area contributed by atoms with Gasteiger partial charge in [-0.2, -0.15) is 0 Å². The van der Waals surface area contributed by atoms with E-state index in [1.807, 2.05) is 0 Å². The molecule has 0 saturated carbocycles. The van der Waals surface area contributed by atoms with Gasteiger partial charge in [-0.1, -0.05) is 0 Å². The third-order valence-corrected chi connectivity index (χ3v) is 3.40. The van der Waals surface area contributed by atoms with E-state index in [9.17, 15) is 30.3 Å². The van der Waals surface area contributed by atoms with Gasteiger partial charge in [0.1, 0.15) is 17.1 Å². The van der Waals surface area contributed by atoms with Crippen molar-refractivity contribution < 1.29 is 29.9 Å². The van der Waals surface area contributed by atoms with Gasteiger partial charge in [-0.15, -0.1) is 0 Å². The van der Waals surface area contributed by atoms with E-state index in [1.54, 1.807) is 0 Å². The van der Waals surface area contributed by atoms with Crippen LogP contribution in [0.2, 0.25) is 0 Å². The van der Waals surface area contributed by atoms with E-state index in [4.69, 9.17) is 4.42 Å². The molecule has 7 nitrogen and oxygen atoms in total. The van der Waals surface area contributed by atoms with Gasteiger partial charge in [0.25, 0.3) is 0 Å². The topological polar surface area (TPSA) is 131 Å². The van der Waals surface area contributed by atoms with Gasteiger partial charge < -0.3 is 29.9 Å². The van der Waals surface area contributed by atoms with Crippen molar-refractivity contribution in [3.8, 4) is 28.6 Å². The van der Waals surface area contributed by atoms with E-state index < -0.39 is 28.8 Å². The predicted octanol–water partition coefficient (Wildman–Crippen LogP) is 1.24. The molecule has 0 bridgehead atoms. The molecule has 5 N–H and O–H groups in total. The Kier molecular flexibility index (Phi) is 3.07. The van der Waals surface area contributed by atoms with E-state index in [-0.39, 0.29) is 34.8 Å². The first-order valence-electron chi connectivity index (χ1n) is 6.39. The van der Waals surface area contributed by atoms with Crippen molar-refractivity contribution in [3.63, 3.8) is 0 Å². The summed E-state index contributed by atoms with van der Waals surface area (Å²) >= 11 is 0. The highest BCUT2D eigenvalue weighted by Gasteiger charge is 2.27. The number of phenols is 2. The largest absolute Gasteiger partial charge is 0.507 e. The highest BCUT2D eigenvalue weighted by molar-refractivity contribution is 5.71. The van der Waals surface area contributed by atoms with Crippen molar-refractivity contribution in [2.75, 3.05) is 0 Å². The van der Waals surface area contributed by atoms with E-state index in [0.717, 1.165) is 12.1 Å². The van der Waals surface area contributed by atoms with E-state index in [2.05, 4.69) is 0 Å². The lowest BCUT2D eigenvalue weighted by Gasteiger charge is -2.17. The van der Waals surface area contributed by atoms with Crippen molar-refractivity contribution >= 4 is 5.76 Å².